The van der Waals surface area contributed by atoms with Crippen LogP contribution < -0.4 is 5.73 Å². The van der Waals surface area contributed by atoms with E-state index in [1.54, 1.807) is 16.8 Å². The zero-order valence-electron chi connectivity index (χ0n) is 13.9. The van der Waals surface area contributed by atoms with Gasteiger partial charge in [0.25, 0.3) is 0 Å². The van der Waals surface area contributed by atoms with Crippen molar-refractivity contribution in [1.29, 1.82) is 0 Å². The maximum absolute atomic E-state index is 6.34. The predicted molar refractivity (Wildman–Crippen MR) is 105 cm³/mol. The van der Waals surface area contributed by atoms with Crippen molar-refractivity contribution >= 4 is 34.1 Å². The number of nitrogens with zero attached hydrogens (tertiary/aromatic N) is 3. The fourth-order valence-electron chi connectivity index (χ4n) is 3.06. The third-order valence-electron chi connectivity index (χ3n) is 4.33. The molecular formula is C19H17Cl2N5. The lowest BCUT2D eigenvalue weighted by Crippen LogP contribution is -2.28. The van der Waals surface area contributed by atoms with E-state index in [9.17, 15) is 0 Å². The number of nitrogens with one attached hydrogen (secondary N) is 1. The van der Waals surface area contributed by atoms with Gasteiger partial charge in [0.1, 0.15) is 5.69 Å². The normalized spacial score (nSPS) is 12.6. The summed E-state index contributed by atoms with van der Waals surface area (Å²) >= 11 is 12.0. The lowest BCUT2D eigenvalue weighted by Gasteiger charge is -2.10. The highest BCUT2D eigenvalue weighted by Gasteiger charge is 2.12. The molecule has 3 N–H and O–H groups in total. The molecule has 0 radical (unpaired) electrons. The molecule has 4 aromatic rings. The van der Waals surface area contributed by atoms with Crippen molar-refractivity contribution in [1.82, 2.24) is 20.0 Å². The first-order valence-corrected chi connectivity index (χ1v) is 9.02. The van der Waals surface area contributed by atoms with Crippen molar-refractivity contribution in [3.05, 3.63) is 70.5 Å². The minimum Gasteiger partial charge on any atom is -0.361 e. The van der Waals surface area contributed by atoms with Crippen LogP contribution in [0.25, 0.3) is 22.2 Å². The Morgan fingerprint density at radius 3 is 2.81 bits per heavy atom. The van der Waals surface area contributed by atoms with E-state index in [0.29, 0.717) is 16.6 Å². The molecule has 0 unspecified atom stereocenters. The third-order valence-corrected chi connectivity index (χ3v) is 5.07. The van der Waals surface area contributed by atoms with Crippen LogP contribution in [-0.2, 0) is 13.0 Å². The van der Waals surface area contributed by atoms with E-state index in [1.807, 2.05) is 30.6 Å². The van der Waals surface area contributed by atoms with Crippen LogP contribution in [0, 0.1) is 0 Å². The number of hydrogen-bond donors (Lipinski definition) is 2. The Hall–Kier alpha value is -2.34. The second kappa shape index (κ2) is 7.11. The minimum absolute atomic E-state index is 0.0717. The minimum atomic E-state index is -0.0717. The molecule has 2 aromatic carbocycles. The number of halogens is 2. The van der Waals surface area contributed by atoms with Crippen LogP contribution in [0.1, 0.15) is 5.56 Å². The topological polar surface area (TPSA) is 72.5 Å². The fraction of sp³-hybridized carbons (Fsp3) is 0.158. The molecule has 0 aliphatic heterocycles. The van der Waals surface area contributed by atoms with Crippen LogP contribution >= 0.6 is 23.2 Å². The molecule has 4 rings (SSSR count). The number of aromatic nitrogens is 4. The number of hydrogen-bond acceptors (Lipinski definition) is 3. The Morgan fingerprint density at radius 1 is 1.12 bits per heavy atom. The molecule has 1 atom stereocenters. The number of nitrogens with two attached hydrogens (primary N) is 1. The Kier molecular flexibility index (Phi) is 4.68. The van der Waals surface area contributed by atoms with Gasteiger partial charge < -0.3 is 10.7 Å². The lowest BCUT2D eigenvalue weighted by atomic mass is 10.1. The van der Waals surface area contributed by atoms with Crippen LogP contribution in [0.4, 0.5) is 0 Å². The largest absolute Gasteiger partial charge is 0.361 e. The van der Waals surface area contributed by atoms with Gasteiger partial charge in [0.15, 0.2) is 0 Å². The Bertz CT molecular complexity index is 1050. The molecule has 0 bridgehead atoms. The summed E-state index contributed by atoms with van der Waals surface area (Å²) in [4.78, 5) is 3.28. The highest BCUT2D eigenvalue weighted by Crippen LogP contribution is 2.27. The Balaban J connectivity index is 1.47. The molecule has 2 heterocycles. The van der Waals surface area contributed by atoms with Gasteiger partial charge in [-0.15, -0.1) is 5.10 Å². The van der Waals surface area contributed by atoms with E-state index in [0.717, 1.165) is 23.2 Å². The van der Waals surface area contributed by atoms with Crippen molar-refractivity contribution in [2.45, 2.75) is 19.0 Å². The van der Waals surface area contributed by atoms with Gasteiger partial charge in [0, 0.05) is 28.7 Å². The van der Waals surface area contributed by atoms with Gasteiger partial charge in [-0.2, -0.15) is 0 Å². The number of fused-ring (bicyclic) bond motifs is 1. The SMILES string of the molecule is N[C@@H](Cc1c[nH]c2ccccc12)Cn1cc(-c2ccc(Cl)c(Cl)c2)nn1. The van der Waals surface area contributed by atoms with Gasteiger partial charge in [0.2, 0.25) is 0 Å². The molecule has 5 nitrogen and oxygen atoms in total. The summed E-state index contributed by atoms with van der Waals surface area (Å²) in [6.45, 7) is 0.577. The van der Waals surface area contributed by atoms with E-state index < -0.39 is 0 Å². The molecule has 2 aromatic heterocycles. The molecule has 0 aliphatic carbocycles. The van der Waals surface area contributed by atoms with Crippen molar-refractivity contribution in [3.63, 3.8) is 0 Å². The smallest absolute Gasteiger partial charge is 0.113 e. The summed E-state index contributed by atoms with van der Waals surface area (Å²) in [5.74, 6) is 0. The second-order valence-electron chi connectivity index (χ2n) is 6.28. The summed E-state index contributed by atoms with van der Waals surface area (Å²) in [6.07, 6.45) is 4.65. The van der Waals surface area contributed by atoms with E-state index in [-0.39, 0.29) is 6.04 Å². The second-order valence-corrected chi connectivity index (χ2v) is 7.09. The highest BCUT2D eigenvalue weighted by molar-refractivity contribution is 6.42. The van der Waals surface area contributed by atoms with Crippen LogP contribution in [0.3, 0.4) is 0 Å². The van der Waals surface area contributed by atoms with Crippen molar-refractivity contribution in [3.8, 4) is 11.3 Å². The van der Waals surface area contributed by atoms with E-state index in [2.05, 4.69) is 27.4 Å². The highest BCUT2D eigenvalue weighted by atomic mass is 35.5. The van der Waals surface area contributed by atoms with E-state index in [1.165, 1.54) is 10.9 Å². The fourth-order valence-corrected chi connectivity index (χ4v) is 3.36. The molecule has 132 valence electrons. The first-order valence-electron chi connectivity index (χ1n) is 8.26. The predicted octanol–water partition coefficient (Wildman–Crippen LogP) is 4.30. The first-order chi connectivity index (χ1) is 12.6. The number of rotatable bonds is 5. The molecule has 0 fully saturated rings. The van der Waals surface area contributed by atoms with Gasteiger partial charge in [-0.25, -0.2) is 0 Å². The number of H-pyrrole nitrogens is 1. The Labute approximate surface area is 160 Å². The van der Waals surface area contributed by atoms with Crippen LogP contribution in [0.5, 0.6) is 0 Å². The standard InChI is InChI=1S/C19H17Cl2N5/c20-16-6-5-12(8-17(16)21)19-11-26(25-24-19)10-14(22)7-13-9-23-18-4-2-1-3-15(13)18/h1-6,8-9,11,14,23H,7,10,22H2/t14-/m0/s1. The Morgan fingerprint density at radius 2 is 1.96 bits per heavy atom. The van der Waals surface area contributed by atoms with Crippen molar-refractivity contribution in [2.75, 3.05) is 0 Å². The van der Waals surface area contributed by atoms with E-state index in [4.69, 9.17) is 28.9 Å². The average molecular weight is 386 g/mol. The summed E-state index contributed by atoms with van der Waals surface area (Å²) in [6, 6.07) is 13.5. The molecule has 0 saturated carbocycles. The number of para-hydroxylation sites is 1. The maximum Gasteiger partial charge on any atom is 0.113 e. The summed E-state index contributed by atoms with van der Waals surface area (Å²) in [7, 11) is 0. The molecule has 0 saturated heterocycles. The van der Waals surface area contributed by atoms with Gasteiger partial charge in [-0.1, -0.05) is 52.7 Å². The molecule has 7 heteroatoms. The van der Waals surface area contributed by atoms with Gasteiger partial charge >= 0.3 is 0 Å². The molecule has 0 spiro atoms. The van der Waals surface area contributed by atoms with Gasteiger partial charge in [0.05, 0.1) is 22.8 Å². The van der Waals surface area contributed by atoms with Crippen LogP contribution in [0.15, 0.2) is 54.9 Å². The summed E-state index contributed by atoms with van der Waals surface area (Å²) < 4.78 is 1.76. The quantitative estimate of drug-likeness (QED) is 0.537. The molecule has 0 amide bonds. The molecule has 26 heavy (non-hydrogen) atoms. The van der Waals surface area contributed by atoms with Gasteiger partial charge in [-0.3, -0.25) is 4.68 Å². The van der Waals surface area contributed by atoms with Crippen molar-refractivity contribution < 1.29 is 0 Å². The number of benzene rings is 2. The molecular weight excluding hydrogens is 369 g/mol. The first kappa shape index (κ1) is 17.1. The van der Waals surface area contributed by atoms with Gasteiger partial charge in [-0.05, 0) is 30.2 Å². The maximum atomic E-state index is 6.34. The monoisotopic (exact) mass is 385 g/mol. The molecule has 0 aliphatic rings. The van der Waals surface area contributed by atoms with E-state index >= 15 is 0 Å². The zero-order chi connectivity index (χ0) is 18.1. The van der Waals surface area contributed by atoms with Crippen LogP contribution in [-0.4, -0.2) is 26.0 Å². The average Bonchev–Trinajstić information content (AvgIpc) is 3.25. The van der Waals surface area contributed by atoms with Crippen molar-refractivity contribution in [2.24, 2.45) is 5.73 Å². The van der Waals surface area contributed by atoms with Crippen LogP contribution in [0.2, 0.25) is 10.0 Å². The summed E-state index contributed by atoms with van der Waals surface area (Å²) in [5, 5.41) is 10.6. The zero-order valence-corrected chi connectivity index (χ0v) is 15.4. The third kappa shape index (κ3) is 3.46. The lowest BCUT2D eigenvalue weighted by molar-refractivity contribution is 0.497. The summed E-state index contributed by atoms with van der Waals surface area (Å²) in [5.41, 5.74) is 10.3. The number of aromatic amines is 1.